The summed E-state index contributed by atoms with van der Waals surface area (Å²) in [6.45, 7) is 3.95. The Bertz CT molecular complexity index is 191. The van der Waals surface area contributed by atoms with Crippen molar-refractivity contribution in [1.29, 1.82) is 0 Å². The van der Waals surface area contributed by atoms with E-state index in [1.54, 1.807) is 0 Å². The number of urea groups is 1. The van der Waals surface area contributed by atoms with Gasteiger partial charge in [-0.15, -0.1) is 0 Å². The Kier molecular flexibility index (Phi) is 4.20. The lowest BCUT2D eigenvalue weighted by Gasteiger charge is -2.28. The standard InChI is InChI=1S/C10H20N2O2/c1-7(2)9(6-13)12-10(14)11-8-4-3-5-8/h7-9,13H,3-6H2,1-2H3,(H2,11,12,14). The summed E-state index contributed by atoms with van der Waals surface area (Å²) in [5.41, 5.74) is 0. The van der Waals surface area contributed by atoms with Gasteiger partial charge in [0.25, 0.3) is 0 Å². The number of hydrogen-bond acceptors (Lipinski definition) is 2. The third kappa shape index (κ3) is 3.18. The first-order valence-corrected chi connectivity index (χ1v) is 5.31. The second-order valence-corrected chi connectivity index (χ2v) is 4.28. The molecule has 0 spiro atoms. The highest BCUT2D eigenvalue weighted by molar-refractivity contribution is 5.74. The molecule has 0 aromatic heterocycles. The molecule has 0 saturated heterocycles. The first-order valence-electron chi connectivity index (χ1n) is 5.31. The van der Waals surface area contributed by atoms with Crippen LogP contribution < -0.4 is 10.6 Å². The fraction of sp³-hybridized carbons (Fsp3) is 0.900. The van der Waals surface area contributed by atoms with E-state index in [0.717, 1.165) is 12.8 Å². The molecule has 1 fully saturated rings. The highest BCUT2D eigenvalue weighted by Crippen LogP contribution is 2.17. The molecule has 14 heavy (non-hydrogen) atoms. The molecule has 3 N–H and O–H groups in total. The van der Waals surface area contributed by atoms with Crippen LogP contribution in [0.5, 0.6) is 0 Å². The SMILES string of the molecule is CC(C)C(CO)NC(=O)NC1CCC1. The normalized spacial score (nSPS) is 18.9. The van der Waals surface area contributed by atoms with Gasteiger partial charge in [0.05, 0.1) is 12.6 Å². The summed E-state index contributed by atoms with van der Waals surface area (Å²) in [6, 6.07) is 0.0547. The van der Waals surface area contributed by atoms with Crippen LogP contribution in [0.15, 0.2) is 0 Å². The molecule has 82 valence electrons. The van der Waals surface area contributed by atoms with Crippen molar-refractivity contribution < 1.29 is 9.90 Å². The summed E-state index contributed by atoms with van der Waals surface area (Å²) < 4.78 is 0. The van der Waals surface area contributed by atoms with Crippen LogP contribution >= 0.6 is 0 Å². The second kappa shape index (κ2) is 5.20. The Morgan fingerprint density at radius 1 is 1.50 bits per heavy atom. The molecule has 1 rings (SSSR count). The van der Waals surface area contributed by atoms with Crippen LogP contribution in [0.25, 0.3) is 0 Å². The van der Waals surface area contributed by atoms with Crippen molar-refractivity contribution in [1.82, 2.24) is 10.6 Å². The van der Waals surface area contributed by atoms with Gasteiger partial charge in [0.1, 0.15) is 0 Å². The predicted octanol–water partition coefficient (Wildman–Crippen LogP) is 0.855. The average molecular weight is 200 g/mol. The van der Waals surface area contributed by atoms with Crippen LogP contribution in [0.1, 0.15) is 33.1 Å². The van der Waals surface area contributed by atoms with E-state index in [1.807, 2.05) is 13.8 Å². The van der Waals surface area contributed by atoms with Crippen molar-refractivity contribution in [2.45, 2.75) is 45.2 Å². The van der Waals surface area contributed by atoms with Gasteiger partial charge in [-0.25, -0.2) is 4.79 Å². The van der Waals surface area contributed by atoms with Crippen molar-refractivity contribution in [2.75, 3.05) is 6.61 Å². The quantitative estimate of drug-likeness (QED) is 0.630. The zero-order valence-electron chi connectivity index (χ0n) is 8.92. The molecule has 0 radical (unpaired) electrons. The molecule has 4 nitrogen and oxygen atoms in total. The molecule has 0 bridgehead atoms. The monoisotopic (exact) mass is 200 g/mol. The molecular weight excluding hydrogens is 180 g/mol. The van der Waals surface area contributed by atoms with Gasteiger partial charge in [0.2, 0.25) is 0 Å². The highest BCUT2D eigenvalue weighted by atomic mass is 16.3. The summed E-state index contributed by atoms with van der Waals surface area (Å²) in [7, 11) is 0. The third-order valence-corrected chi connectivity index (χ3v) is 2.76. The van der Waals surface area contributed by atoms with Gasteiger partial charge in [-0.1, -0.05) is 13.8 Å². The fourth-order valence-electron chi connectivity index (χ4n) is 1.37. The van der Waals surface area contributed by atoms with Crippen molar-refractivity contribution in [3.63, 3.8) is 0 Å². The number of aliphatic hydroxyl groups excluding tert-OH is 1. The number of rotatable bonds is 4. The molecule has 0 aliphatic heterocycles. The number of hydrogen-bond donors (Lipinski definition) is 3. The summed E-state index contributed by atoms with van der Waals surface area (Å²) in [6.07, 6.45) is 3.37. The zero-order valence-corrected chi connectivity index (χ0v) is 8.92. The van der Waals surface area contributed by atoms with Crippen molar-refractivity contribution in [3.8, 4) is 0 Å². The van der Waals surface area contributed by atoms with E-state index < -0.39 is 0 Å². The number of carbonyl (C=O) groups is 1. The Labute approximate surface area is 85.1 Å². The maximum absolute atomic E-state index is 11.4. The van der Waals surface area contributed by atoms with Crippen LogP contribution in [0.3, 0.4) is 0 Å². The van der Waals surface area contributed by atoms with Crippen LogP contribution in [-0.2, 0) is 0 Å². The van der Waals surface area contributed by atoms with Crippen LogP contribution in [-0.4, -0.2) is 29.8 Å². The lowest BCUT2D eigenvalue weighted by atomic mass is 9.93. The van der Waals surface area contributed by atoms with Gasteiger partial charge in [-0.3, -0.25) is 0 Å². The van der Waals surface area contributed by atoms with Crippen LogP contribution in [0.4, 0.5) is 4.79 Å². The number of nitrogens with one attached hydrogen (secondary N) is 2. The Hall–Kier alpha value is -0.770. The largest absolute Gasteiger partial charge is 0.394 e. The van der Waals surface area contributed by atoms with Crippen LogP contribution in [0, 0.1) is 5.92 Å². The molecule has 0 aromatic carbocycles. The Morgan fingerprint density at radius 2 is 2.14 bits per heavy atom. The first-order chi connectivity index (χ1) is 6.63. The van der Waals surface area contributed by atoms with Gasteiger partial charge in [-0.05, 0) is 25.2 Å². The lowest BCUT2D eigenvalue weighted by Crippen LogP contribution is -2.50. The maximum atomic E-state index is 11.4. The molecule has 1 aliphatic rings. The smallest absolute Gasteiger partial charge is 0.315 e. The maximum Gasteiger partial charge on any atom is 0.315 e. The van der Waals surface area contributed by atoms with E-state index in [4.69, 9.17) is 5.11 Å². The Balaban J connectivity index is 2.23. The van der Waals surface area contributed by atoms with Crippen LogP contribution in [0.2, 0.25) is 0 Å². The molecular formula is C10H20N2O2. The molecule has 1 saturated carbocycles. The summed E-state index contributed by atoms with van der Waals surface area (Å²) >= 11 is 0. The summed E-state index contributed by atoms with van der Waals surface area (Å²) in [4.78, 5) is 11.4. The predicted molar refractivity (Wildman–Crippen MR) is 55.0 cm³/mol. The van der Waals surface area contributed by atoms with Gasteiger partial charge < -0.3 is 15.7 Å². The first kappa shape index (κ1) is 11.3. The highest BCUT2D eigenvalue weighted by Gasteiger charge is 2.21. The minimum atomic E-state index is -0.151. The van der Waals surface area contributed by atoms with E-state index in [2.05, 4.69) is 10.6 Å². The van der Waals surface area contributed by atoms with E-state index in [1.165, 1.54) is 6.42 Å². The van der Waals surface area contributed by atoms with E-state index in [-0.39, 0.29) is 24.6 Å². The minimum Gasteiger partial charge on any atom is -0.394 e. The second-order valence-electron chi connectivity index (χ2n) is 4.28. The topological polar surface area (TPSA) is 61.4 Å². The van der Waals surface area contributed by atoms with Gasteiger partial charge >= 0.3 is 6.03 Å². The summed E-state index contributed by atoms with van der Waals surface area (Å²) in [5, 5.41) is 14.6. The van der Waals surface area contributed by atoms with Gasteiger partial charge in [-0.2, -0.15) is 0 Å². The van der Waals surface area contributed by atoms with E-state index in [0.29, 0.717) is 6.04 Å². The van der Waals surface area contributed by atoms with Crippen molar-refractivity contribution in [2.24, 2.45) is 5.92 Å². The number of aliphatic hydroxyl groups is 1. The molecule has 1 aliphatic carbocycles. The molecule has 2 amide bonds. The summed E-state index contributed by atoms with van der Waals surface area (Å²) in [5.74, 6) is 0.257. The average Bonchev–Trinajstić information content (AvgIpc) is 2.07. The molecule has 4 heteroatoms. The van der Waals surface area contributed by atoms with Gasteiger partial charge in [0, 0.05) is 6.04 Å². The van der Waals surface area contributed by atoms with Gasteiger partial charge in [0.15, 0.2) is 0 Å². The minimum absolute atomic E-state index is 0.00421. The third-order valence-electron chi connectivity index (χ3n) is 2.76. The lowest BCUT2D eigenvalue weighted by molar-refractivity contribution is 0.192. The molecule has 1 atom stereocenters. The zero-order chi connectivity index (χ0) is 10.6. The molecule has 0 heterocycles. The fourth-order valence-corrected chi connectivity index (χ4v) is 1.37. The van der Waals surface area contributed by atoms with Crippen molar-refractivity contribution >= 4 is 6.03 Å². The van der Waals surface area contributed by atoms with E-state index in [9.17, 15) is 4.79 Å². The number of amides is 2. The number of carbonyl (C=O) groups excluding carboxylic acids is 1. The molecule has 1 unspecified atom stereocenters. The Morgan fingerprint density at radius 3 is 2.50 bits per heavy atom. The van der Waals surface area contributed by atoms with Crippen molar-refractivity contribution in [3.05, 3.63) is 0 Å². The molecule has 0 aromatic rings. The van der Waals surface area contributed by atoms with E-state index >= 15 is 0 Å².